The number of carbonyl (C=O) groups excluding carboxylic acids is 2. The van der Waals surface area contributed by atoms with E-state index >= 15 is 0 Å². The van der Waals surface area contributed by atoms with Crippen molar-refractivity contribution in [3.8, 4) is 11.1 Å². The molecule has 0 fully saturated rings. The third kappa shape index (κ3) is 5.90. The van der Waals surface area contributed by atoms with Crippen molar-refractivity contribution >= 4 is 18.0 Å². The quantitative estimate of drug-likeness (QED) is 0.508. The van der Waals surface area contributed by atoms with Crippen molar-refractivity contribution in [3.63, 3.8) is 0 Å². The first-order chi connectivity index (χ1) is 15.8. The lowest BCUT2D eigenvalue weighted by molar-refractivity contribution is -0.148. The number of alkyl carbamates (subject to hydrolysis) is 1. The molecule has 2 aromatic carbocycles. The Hall–Kier alpha value is -3.39. The Morgan fingerprint density at radius 1 is 1.00 bits per heavy atom. The van der Waals surface area contributed by atoms with Crippen molar-refractivity contribution in [1.82, 2.24) is 10.6 Å². The highest BCUT2D eigenvalue weighted by Crippen LogP contribution is 2.44. The van der Waals surface area contributed by atoms with Crippen LogP contribution in [0.2, 0.25) is 0 Å². The van der Waals surface area contributed by atoms with E-state index in [-0.39, 0.29) is 37.3 Å². The summed E-state index contributed by atoms with van der Waals surface area (Å²) in [7, 11) is 1.26. The monoisotopic (exact) mass is 454 g/mol. The molecule has 8 nitrogen and oxygen atoms in total. The summed E-state index contributed by atoms with van der Waals surface area (Å²) in [6.07, 6.45) is -1.72. The lowest BCUT2D eigenvalue weighted by Gasteiger charge is -2.23. The highest BCUT2D eigenvalue weighted by Gasteiger charge is 2.29. The van der Waals surface area contributed by atoms with E-state index in [1.54, 1.807) is 0 Å². The van der Waals surface area contributed by atoms with Gasteiger partial charge in [-0.15, -0.1) is 0 Å². The van der Waals surface area contributed by atoms with Crippen molar-refractivity contribution in [2.45, 2.75) is 38.3 Å². The molecular formula is C25H30N2O6. The van der Waals surface area contributed by atoms with Gasteiger partial charge in [-0.2, -0.15) is 0 Å². The van der Waals surface area contributed by atoms with Crippen LogP contribution in [0.15, 0.2) is 48.5 Å². The number of carboxylic acids is 1. The number of hydrogen-bond acceptors (Lipinski definition) is 5. The van der Waals surface area contributed by atoms with Crippen LogP contribution in [0.4, 0.5) is 4.79 Å². The van der Waals surface area contributed by atoms with Gasteiger partial charge in [-0.3, -0.25) is 4.79 Å². The summed E-state index contributed by atoms with van der Waals surface area (Å²) in [5.41, 5.74) is 4.54. The SMILES string of the molecule is COC(CNC(=O)CC(NC(=O)OCC1c2ccccc2-c2ccccc21)C(C)C)C(=O)O. The van der Waals surface area contributed by atoms with Gasteiger partial charge in [-0.1, -0.05) is 62.4 Å². The Balaban J connectivity index is 1.56. The number of fused-ring (bicyclic) bond motifs is 3. The summed E-state index contributed by atoms with van der Waals surface area (Å²) in [6, 6.07) is 15.7. The fourth-order valence-corrected chi connectivity index (χ4v) is 3.99. The van der Waals surface area contributed by atoms with Crippen LogP contribution in [0.1, 0.15) is 37.3 Å². The minimum atomic E-state index is -1.16. The number of methoxy groups -OCH3 is 1. The molecule has 3 N–H and O–H groups in total. The molecule has 2 unspecified atom stereocenters. The van der Waals surface area contributed by atoms with E-state index in [0.717, 1.165) is 22.3 Å². The molecule has 8 heteroatoms. The van der Waals surface area contributed by atoms with Gasteiger partial charge in [-0.25, -0.2) is 9.59 Å². The Labute approximate surface area is 193 Å². The molecule has 1 aliphatic rings. The van der Waals surface area contributed by atoms with E-state index in [9.17, 15) is 14.4 Å². The maximum atomic E-state index is 12.6. The summed E-state index contributed by atoms with van der Waals surface area (Å²) in [5, 5.41) is 14.3. The predicted octanol–water partition coefficient (Wildman–Crippen LogP) is 3.16. The Kier molecular flexibility index (Phi) is 8.06. The Morgan fingerprint density at radius 3 is 2.09 bits per heavy atom. The van der Waals surface area contributed by atoms with E-state index in [1.807, 2.05) is 50.2 Å². The highest BCUT2D eigenvalue weighted by atomic mass is 16.5. The van der Waals surface area contributed by atoms with Crippen LogP contribution in [0.25, 0.3) is 11.1 Å². The van der Waals surface area contributed by atoms with E-state index in [2.05, 4.69) is 22.8 Å². The summed E-state index contributed by atoms with van der Waals surface area (Å²) in [4.78, 5) is 35.8. The normalized spacial score (nSPS) is 14.2. The Bertz CT molecular complexity index is 960. The minimum Gasteiger partial charge on any atom is -0.479 e. The number of amides is 2. The molecule has 0 spiro atoms. The molecule has 2 atom stereocenters. The van der Waals surface area contributed by atoms with Gasteiger partial charge in [0.2, 0.25) is 5.91 Å². The van der Waals surface area contributed by atoms with E-state index < -0.39 is 24.2 Å². The number of rotatable bonds is 10. The first kappa shape index (κ1) is 24.3. The average molecular weight is 455 g/mol. The van der Waals surface area contributed by atoms with Crippen LogP contribution in [0, 0.1) is 5.92 Å². The van der Waals surface area contributed by atoms with Crippen LogP contribution >= 0.6 is 0 Å². The zero-order valence-electron chi connectivity index (χ0n) is 19.0. The number of carbonyl (C=O) groups is 3. The molecule has 0 heterocycles. The number of benzene rings is 2. The molecule has 0 radical (unpaired) electrons. The van der Waals surface area contributed by atoms with Crippen LogP contribution in [0.3, 0.4) is 0 Å². The summed E-state index contributed by atoms with van der Waals surface area (Å²) in [5.74, 6) is -1.62. The maximum absolute atomic E-state index is 12.6. The van der Waals surface area contributed by atoms with Gasteiger partial charge >= 0.3 is 12.1 Å². The van der Waals surface area contributed by atoms with Crippen molar-refractivity contribution in [1.29, 1.82) is 0 Å². The fourth-order valence-electron chi connectivity index (χ4n) is 3.99. The van der Waals surface area contributed by atoms with Crippen molar-refractivity contribution < 1.29 is 29.0 Å². The van der Waals surface area contributed by atoms with Gasteiger partial charge in [0.15, 0.2) is 6.10 Å². The molecule has 0 aliphatic heterocycles. The molecule has 176 valence electrons. The van der Waals surface area contributed by atoms with Crippen LogP contribution in [0.5, 0.6) is 0 Å². The Morgan fingerprint density at radius 2 is 1.58 bits per heavy atom. The first-order valence-corrected chi connectivity index (χ1v) is 11.0. The molecule has 0 aromatic heterocycles. The smallest absolute Gasteiger partial charge is 0.407 e. The number of carboxylic acid groups (broad SMARTS) is 1. The van der Waals surface area contributed by atoms with Gasteiger partial charge in [0.05, 0.1) is 6.54 Å². The number of nitrogens with one attached hydrogen (secondary N) is 2. The average Bonchev–Trinajstić information content (AvgIpc) is 3.11. The maximum Gasteiger partial charge on any atom is 0.407 e. The zero-order chi connectivity index (χ0) is 24.0. The van der Waals surface area contributed by atoms with Crippen LogP contribution in [-0.4, -0.2) is 55.5 Å². The van der Waals surface area contributed by atoms with Gasteiger partial charge in [0.1, 0.15) is 6.61 Å². The van der Waals surface area contributed by atoms with Crippen LogP contribution in [-0.2, 0) is 19.1 Å². The largest absolute Gasteiger partial charge is 0.479 e. The van der Waals surface area contributed by atoms with Crippen LogP contribution < -0.4 is 10.6 Å². The summed E-state index contributed by atoms with van der Waals surface area (Å²) in [6.45, 7) is 3.80. The second-order valence-electron chi connectivity index (χ2n) is 8.39. The van der Waals surface area contributed by atoms with Crippen molar-refractivity contribution in [3.05, 3.63) is 59.7 Å². The number of hydrogen-bond donors (Lipinski definition) is 3. The topological polar surface area (TPSA) is 114 Å². The first-order valence-electron chi connectivity index (χ1n) is 11.0. The van der Waals surface area contributed by atoms with Gasteiger partial charge in [0.25, 0.3) is 0 Å². The molecule has 0 bridgehead atoms. The molecule has 0 saturated heterocycles. The second-order valence-corrected chi connectivity index (χ2v) is 8.39. The molecule has 2 amide bonds. The predicted molar refractivity (Wildman–Crippen MR) is 123 cm³/mol. The lowest BCUT2D eigenvalue weighted by Crippen LogP contribution is -2.44. The summed E-state index contributed by atoms with van der Waals surface area (Å²) >= 11 is 0. The number of aliphatic carboxylic acids is 1. The van der Waals surface area contributed by atoms with E-state index in [0.29, 0.717) is 0 Å². The standard InChI is InChI=1S/C25H30N2O6/c1-15(2)21(12-23(28)26-13-22(32-3)24(29)30)27-25(31)33-14-20-18-10-6-4-8-16(18)17-9-5-7-11-19(17)20/h4-11,15,20-22H,12-14H2,1-3H3,(H,26,28)(H,27,31)(H,29,30). The minimum absolute atomic E-state index is 0.00207. The summed E-state index contributed by atoms with van der Waals surface area (Å²) < 4.78 is 10.4. The van der Waals surface area contributed by atoms with E-state index in [4.69, 9.17) is 14.6 Å². The third-order valence-electron chi connectivity index (χ3n) is 5.90. The highest BCUT2D eigenvalue weighted by molar-refractivity contribution is 5.80. The second kappa shape index (κ2) is 11.0. The molecule has 2 aromatic rings. The molecule has 3 rings (SSSR count). The van der Waals surface area contributed by atoms with Gasteiger partial charge in [0, 0.05) is 25.5 Å². The van der Waals surface area contributed by atoms with E-state index in [1.165, 1.54) is 7.11 Å². The third-order valence-corrected chi connectivity index (χ3v) is 5.90. The van der Waals surface area contributed by atoms with Crippen molar-refractivity contribution in [2.24, 2.45) is 5.92 Å². The molecule has 1 aliphatic carbocycles. The van der Waals surface area contributed by atoms with Crippen molar-refractivity contribution in [2.75, 3.05) is 20.3 Å². The number of ether oxygens (including phenoxy) is 2. The zero-order valence-corrected chi connectivity index (χ0v) is 19.0. The fraction of sp³-hybridized carbons (Fsp3) is 0.400. The van der Waals surface area contributed by atoms with Gasteiger partial charge in [-0.05, 0) is 28.2 Å². The lowest BCUT2D eigenvalue weighted by atomic mass is 9.98. The molecular weight excluding hydrogens is 424 g/mol. The molecule has 0 saturated carbocycles. The van der Waals surface area contributed by atoms with Gasteiger partial charge < -0.3 is 25.2 Å². The molecule has 33 heavy (non-hydrogen) atoms.